The van der Waals surface area contributed by atoms with Crippen LogP contribution in [0.1, 0.15) is 23.8 Å². The standard InChI is InChI=1S/C18H24ClN5O3.ClH/c1-2-27-18(25)16-17(20-15-7-4-3-6-14(15)19)22-24(21-16)9-5-8-23-10-12-26-13-11-23;/h3-4,6-7H,2,5,8-13H2,1H3,(H,20,22);1H. The molecule has 0 aliphatic carbocycles. The van der Waals surface area contributed by atoms with E-state index >= 15 is 0 Å². The summed E-state index contributed by atoms with van der Waals surface area (Å²) >= 11 is 6.19. The van der Waals surface area contributed by atoms with Crippen molar-refractivity contribution < 1.29 is 14.3 Å². The highest BCUT2D eigenvalue weighted by Gasteiger charge is 2.21. The summed E-state index contributed by atoms with van der Waals surface area (Å²) < 4.78 is 10.5. The van der Waals surface area contributed by atoms with Crippen LogP contribution in [0.2, 0.25) is 5.02 Å². The van der Waals surface area contributed by atoms with Gasteiger partial charge in [0.15, 0.2) is 5.82 Å². The fourth-order valence-corrected chi connectivity index (χ4v) is 3.00. The van der Waals surface area contributed by atoms with E-state index in [4.69, 9.17) is 21.1 Å². The Bertz CT molecular complexity index is 765. The van der Waals surface area contributed by atoms with Crippen molar-refractivity contribution in [2.24, 2.45) is 0 Å². The molecule has 0 radical (unpaired) electrons. The molecule has 1 aromatic heterocycles. The second-order valence-corrected chi connectivity index (χ2v) is 6.53. The van der Waals surface area contributed by atoms with E-state index in [1.54, 1.807) is 13.0 Å². The maximum Gasteiger partial charge on any atom is 0.362 e. The van der Waals surface area contributed by atoms with Gasteiger partial charge in [-0.15, -0.1) is 22.6 Å². The van der Waals surface area contributed by atoms with Crippen LogP contribution in [0, 0.1) is 0 Å². The fourth-order valence-electron chi connectivity index (χ4n) is 2.82. The van der Waals surface area contributed by atoms with Crippen molar-refractivity contribution >= 4 is 41.5 Å². The molecule has 1 aliphatic rings. The SMILES string of the molecule is CCOC(=O)c1nn(CCCN2CCOCC2)nc1Nc1ccccc1Cl.Cl. The van der Waals surface area contributed by atoms with Gasteiger partial charge in [0.05, 0.1) is 37.1 Å². The lowest BCUT2D eigenvalue weighted by molar-refractivity contribution is 0.0366. The van der Waals surface area contributed by atoms with E-state index in [0.717, 1.165) is 39.3 Å². The normalized spacial score (nSPS) is 14.4. The predicted octanol–water partition coefficient (Wildman–Crippen LogP) is 3.00. The van der Waals surface area contributed by atoms with Crippen LogP contribution in [0.4, 0.5) is 11.5 Å². The van der Waals surface area contributed by atoms with Gasteiger partial charge in [-0.1, -0.05) is 23.7 Å². The van der Waals surface area contributed by atoms with Crippen molar-refractivity contribution in [1.29, 1.82) is 0 Å². The first kappa shape index (κ1) is 22.4. The number of esters is 1. The molecule has 10 heteroatoms. The van der Waals surface area contributed by atoms with Crippen LogP contribution < -0.4 is 5.32 Å². The summed E-state index contributed by atoms with van der Waals surface area (Å²) in [5, 5.41) is 12.4. The largest absolute Gasteiger partial charge is 0.461 e. The number of ether oxygens (including phenoxy) is 2. The van der Waals surface area contributed by atoms with Crippen LogP contribution in [0.15, 0.2) is 24.3 Å². The van der Waals surface area contributed by atoms with Gasteiger partial charge in [-0.25, -0.2) is 4.79 Å². The number of aryl methyl sites for hydroxylation is 1. The van der Waals surface area contributed by atoms with Gasteiger partial charge >= 0.3 is 5.97 Å². The number of rotatable bonds is 8. The van der Waals surface area contributed by atoms with E-state index in [9.17, 15) is 4.79 Å². The fraction of sp³-hybridized carbons (Fsp3) is 0.500. The molecular weight excluding hydrogens is 405 g/mol. The van der Waals surface area contributed by atoms with Crippen molar-refractivity contribution in [2.75, 3.05) is 44.8 Å². The topological polar surface area (TPSA) is 81.5 Å². The number of hydrogen-bond donors (Lipinski definition) is 1. The lowest BCUT2D eigenvalue weighted by Gasteiger charge is -2.26. The van der Waals surface area contributed by atoms with Crippen molar-refractivity contribution in [3.05, 3.63) is 35.0 Å². The van der Waals surface area contributed by atoms with Gasteiger partial charge < -0.3 is 14.8 Å². The highest BCUT2D eigenvalue weighted by Crippen LogP contribution is 2.25. The molecule has 0 bridgehead atoms. The maximum absolute atomic E-state index is 12.2. The number of nitrogens with zero attached hydrogens (tertiary/aromatic N) is 4. The summed E-state index contributed by atoms with van der Waals surface area (Å²) in [7, 11) is 0. The summed E-state index contributed by atoms with van der Waals surface area (Å²) in [5.74, 6) is -0.167. The Morgan fingerprint density at radius 3 is 2.71 bits per heavy atom. The number of morpholine rings is 1. The molecule has 2 aromatic rings. The average molecular weight is 430 g/mol. The van der Waals surface area contributed by atoms with E-state index in [1.807, 2.05) is 18.2 Å². The summed E-state index contributed by atoms with van der Waals surface area (Å²) in [6.45, 7) is 7.01. The van der Waals surface area contributed by atoms with Gasteiger partial charge in [-0.3, -0.25) is 4.90 Å². The van der Waals surface area contributed by atoms with Crippen molar-refractivity contribution in [3.8, 4) is 0 Å². The number of nitrogens with one attached hydrogen (secondary N) is 1. The number of hydrogen-bond acceptors (Lipinski definition) is 7. The van der Waals surface area contributed by atoms with Crippen molar-refractivity contribution in [2.45, 2.75) is 19.9 Å². The summed E-state index contributed by atoms with van der Waals surface area (Å²) in [6, 6.07) is 7.27. The minimum absolute atomic E-state index is 0. The third kappa shape index (κ3) is 6.07. The molecule has 1 aromatic carbocycles. The summed E-state index contributed by atoms with van der Waals surface area (Å²) in [6.07, 6.45) is 0.877. The van der Waals surface area contributed by atoms with Crippen LogP contribution in [0.3, 0.4) is 0 Å². The van der Waals surface area contributed by atoms with E-state index in [1.165, 1.54) is 4.80 Å². The third-order valence-electron chi connectivity index (χ3n) is 4.19. The van der Waals surface area contributed by atoms with Crippen LogP contribution in [-0.2, 0) is 16.0 Å². The Kier molecular flexibility index (Phi) is 8.98. The Balaban J connectivity index is 0.00000280. The number of carbonyl (C=O) groups is 1. The van der Waals surface area contributed by atoms with Crippen LogP contribution >= 0.6 is 24.0 Å². The minimum Gasteiger partial charge on any atom is -0.461 e. The number of halogens is 2. The first-order chi connectivity index (χ1) is 13.2. The summed E-state index contributed by atoms with van der Waals surface area (Å²) in [5.41, 5.74) is 0.813. The zero-order chi connectivity index (χ0) is 19.1. The Morgan fingerprint density at radius 1 is 1.25 bits per heavy atom. The third-order valence-corrected chi connectivity index (χ3v) is 4.52. The lowest BCUT2D eigenvalue weighted by Crippen LogP contribution is -2.37. The molecule has 2 heterocycles. The smallest absolute Gasteiger partial charge is 0.362 e. The molecule has 3 rings (SSSR count). The summed E-state index contributed by atoms with van der Waals surface area (Å²) in [4.78, 5) is 16.1. The van der Waals surface area contributed by atoms with E-state index in [-0.39, 0.29) is 24.7 Å². The second-order valence-electron chi connectivity index (χ2n) is 6.13. The van der Waals surface area contributed by atoms with Gasteiger partial charge in [0, 0.05) is 19.6 Å². The number of carbonyl (C=O) groups excluding carboxylic acids is 1. The molecule has 1 saturated heterocycles. The molecule has 0 unspecified atom stereocenters. The van der Waals surface area contributed by atoms with E-state index < -0.39 is 5.97 Å². The lowest BCUT2D eigenvalue weighted by atomic mass is 10.3. The van der Waals surface area contributed by atoms with Crippen molar-refractivity contribution in [3.63, 3.8) is 0 Å². The first-order valence-electron chi connectivity index (χ1n) is 9.11. The molecule has 1 N–H and O–H groups in total. The Morgan fingerprint density at radius 2 is 2.00 bits per heavy atom. The van der Waals surface area contributed by atoms with Crippen LogP contribution in [-0.4, -0.2) is 65.3 Å². The Hall–Kier alpha value is -1.87. The van der Waals surface area contributed by atoms with Gasteiger partial charge in [0.1, 0.15) is 0 Å². The highest BCUT2D eigenvalue weighted by atomic mass is 35.5. The van der Waals surface area contributed by atoms with E-state index in [2.05, 4.69) is 20.4 Å². The Labute approximate surface area is 175 Å². The van der Waals surface area contributed by atoms with Gasteiger partial charge in [-0.2, -0.15) is 4.80 Å². The molecular formula is C18H25Cl2N5O3. The molecule has 0 spiro atoms. The number of benzene rings is 1. The zero-order valence-corrected chi connectivity index (χ0v) is 17.3. The van der Waals surface area contributed by atoms with Crippen LogP contribution in [0.5, 0.6) is 0 Å². The molecule has 1 fully saturated rings. The average Bonchev–Trinajstić information content (AvgIpc) is 3.07. The first-order valence-corrected chi connectivity index (χ1v) is 9.49. The molecule has 28 heavy (non-hydrogen) atoms. The molecule has 0 saturated carbocycles. The quantitative estimate of drug-likeness (QED) is 0.645. The van der Waals surface area contributed by atoms with Gasteiger partial charge in [0.25, 0.3) is 0 Å². The number of para-hydroxylation sites is 1. The predicted molar refractivity (Wildman–Crippen MR) is 110 cm³/mol. The monoisotopic (exact) mass is 429 g/mol. The van der Waals surface area contributed by atoms with Gasteiger partial charge in [-0.05, 0) is 25.5 Å². The number of aromatic nitrogens is 3. The van der Waals surface area contributed by atoms with E-state index in [0.29, 0.717) is 23.1 Å². The molecule has 0 amide bonds. The molecule has 8 nitrogen and oxygen atoms in total. The van der Waals surface area contributed by atoms with Crippen molar-refractivity contribution in [1.82, 2.24) is 19.9 Å². The zero-order valence-electron chi connectivity index (χ0n) is 15.8. The second kappa shape index (κ2) is 11.2. The molecule has 0 atom stereocenters. The molecule has 1 aliphatic heterocycles. The number of anilines is 2. The molecule has 154 valence electrons. The van der Waals surface area contributed by atoms with Gasteiger partial charge in [0.2, 0.25) is 5.69 Å². The maximum atomic E-state index is 12.2. The highest BCUT2D eigenvalue weighted by molar-refractivity contribution is 6.33. The van der Waals surface area contributed by atoms with Crippen LogP contribution in [0.25, 0.3) is 0 Å². The minimum atomic E-state index is -0.508.